The highest BCUT2D eigenvalue weighted by atomic mass is 16.2. The lowest BCUT2D eigenvalue weighted by Gasteiger charge is -2.30. The van der Waals surface area contributed by atoms with Crippen molar-refractivity contribution in [3.05, 3.63) is 0 Å². The maximum Gasteiger partial charge on any atom is 0.324 e. The molecule has 128 valence electrons. The minimum Gasteiger partial charge on any atom is -0.338 e. The van der Waals surface area contributed by atoms with Crippen molar-refractivity contribution < 1.29 is 14.4 Å². The van der Waals surface area contributed by atoms with Gasteiger partial charge >= 0.3 is 6.03 Å². The molecule has 0 aromatic rings. The average Bonchev–Trinajstić information content (AvgIpc) is 3.18. The van der Waals surface area contributed by atoms with Crippen LogP contribution >= 0.6 is 0 Å². The molecule has 7 heteroatoms. The number of likely N-dealkylation sites (tertiary alicyclic amines) is 1. The number of urea groups is 1. The summed E-state index contributed by atoms with van der Waals surface area (Å²) in [7, 11) is 0. The standard InChI is InChI=1S/C16H26N4O3/c1-12(21)20(13-5-6-13)11-14-4-2-7-18(14)8-3-9-19-15(22)10-17-16(19)23/h13-14H,2-11H2,1H3,(H,17,23)/t14-/m1/s1. The molecule has 2 saturated heterocycles. The molecule has 3 fully saturated rings. The van der Waals surface area contributed by atoms with Crippen molar-refractivity contribution in [2.75, 3.05) is 32.7 Å². The molecule has 0 aromatic heterocycles. The van der Waals surface area contributed by atoms with E-state index >= 15 is 0 Å². The van der Waals surface area contributed by atoms with Crippen molar-refractivity contribution in [3.63, 3.8) is 0 Å². The van der Waals surface area contributed by atoms with Gasteiger partial charge in [0.05, 0.1) is 6.54 Å². The zero-order chi connectivity index (χ0) is 16.4. The van der Waals surface area contributed by atoms with Crippen LogP contribution in [0.5, 0.6) is 0 Å². The maximum atomic E-state index is 11.8. The Labute approximate surface area is 137 Å². The van der Waals surface area contributed by atoms with Gasteiger partial charge in [-0.3, -0.25) is 19.4 Å². The van der Waals surface area contributed by atoms with Crippen LogP contribution in [0.25, 0.3) is 0 Å². The van der Waals surface area contributed by atoms with Gasteiger partial charge in [0.2, 0.25) is 11.8 Å². The molecular formula is C16H26N4O3. The minimum absolute atomic E-state index is 0.125. The van der Waals surface area contributed by atoms with Crippen LogP contribution in [0.4, 0.5) is 4.79 Å². The number of nitrogens with one attached hydrogen (secondary N) is 1. The lowest BCUT2D eigenvalue weighted by Crippen LogP contribution is -2.44. The molecule has 7 nitrogen and oxygen atoms in total. The molecule has 3 rings (SSSR count). The van der Waals surface area contributed by atoms with E-state index in [1.54, 1.807) is 6.92 Å². The van der Waals surface area contributed by atoms with E-state index in [9.17, 15) is 14.4 Å². The first-order chi connectivity index (χ1) is 11.1. The van der Waals surface area contributed by atoms with Gasteiger partial charge in [-0.2, -0.15) is 0 Å². The van der Waals surface area contributed by atoms with Crippen molar-refractivity contribution in [1.29, 1.82) is 0 Å². The molecule has 3 aliphatic rings. The van der Waals surface area contributed by atoms with Gasteiger partial charge in [-0.05, 0) is 38.6 Å². The van der Waals surface area contributed by atoms with Crippen molar-refractivity contribution >= 4 is 17.8 Å². The van der Waals surface area contributed by atoms with Gasteiger partial charge in [0.25, 0.3) is 0 Å². The molecular weight excluding hydrogens is 296 g/mol. The number of carbonyl (C=O) groups is 3. The third kappa shape index (κ3) is 3.83. The fourth-order valence-corrected chi connectivity index (χ4v) is 3.66. The zero-order valence-corrected chi connectivity index (χ0v) is 13.8. The van der Waals surface area contributed by atoms with Crippen LogP contribution < -0.4 is 5.32 Å². The molecule has 2 heterocycles. The van der Waals surface area contributed by atoms with Gasteiger partial charge in [-0.25, -0.2) is 4.79 Å². The summed E-state index contributed by atoms with van der Waals surface area (Å²) in [6.45, 7) is 5.00. The zero-order valence-electron chi connectivity index (χ0n) is 13.8. The highest BCUT2D eigenvalue weighted by molar-refractivity contribution is 6.01. The molecule has 0 spiro atoms. The third-order valence-corrected chi connectivity index (χ3v) is 5.06. The average molecular weight is 322 g/mol. The fourth-order valence-electron chi connectivity index (χ4n) is 3.66. The van der Waals surface area contributed by atoms with Crippen LogP contribution in [0.1, 0.15) is 39.0 Å². The molecule has 2 aliphatic heterocycles. The maximum absolute atomic E-state index is 11.8. The molecule has 1 N–H and O–H groups in total. The summed E-state index contributed by atoms with van der Waals surface area (Å²) in [6.07, 6.45) is 5.35. The number of carbonyl (C=O) groups excluding carboxylic acids is 3. The summed E-state index contributed by atoms with van der Waals surface area (Å²) in [5.74, 6) is 0.0446. The number of nitrogens with zero attached hydrogens (tertiary/aromatic N) is 3. The summed E-state index contributed by atoms with van der Waals surface area (Å²) in [5.41, 5.74) is 0. The molecule has 0 radical (unpaired) electrons. The van der Waals surface area contributed by atoms with Crippen LogP contribution in [0, 0.1) is 0 Å². The van der Waals surface area contributed by atoms with Crippen LogP contribution in [0.3, 0.4) is 0 Å². The summed E-state index contributed by atoms with van der Waals surface area (Å²) >= 11 is 0. The largest absolute Gasteiger partial charge is 0.338 e. The molecule has 4 amide bonds. The number of hydrogen-bond donors (Lipinski definition) is 1. The third-order valence-electron chi connectivity index (χ3n) is 5.06. The van der Waals surface area contributed by atoms with Crippen molar-refractivity contribution in [3.8, 4) is 0 Å². The second-order valence-electron chi connectivity index (χ2n) is 6.79. The first-order valence-corrected chi connectivity index (χ1v) is 8.65. The van der Waals surface area contributed by atoms with Gasteiger partial charge in [0.1, 0.15) is 0 Å². The lowest BCUT2D eigenvalue weighted by atomic mass is 10.2. The smallest absolute Gasteiger partial charge is 0.324 e. The Bertz CT molecular complexity index is 476. The Morgan fingerprint density at radius 1 is 1.26 bits per heavy atom. The highest BCUT2D eigenvalue weighted by Crippen LogP contribution is 2.29. The summed E-state index contributed by atoms with van der Waals surface area (Å²) in [5, 5.41) is 2.54. The number of amides is 4. The van der Waals surface area contributed by atoms with E-state index in [-0.39, 0.29) is 24.4 Å². The topological polar surface area (TPSA) is 73.0 Å². The normalized spacial score (nSPS) is 25.1. The molecule has 23 heavy (non-hydrogen) atoms. The quantitative estimate of drug-likeness (QED) is 0.689. The molecule has 0 aromatic carbocycles. The second-order valence-corrected chi connectivity index (χ2v) is 6.79. The van der Waals surface area contributed by atoms with Gasteiger partial charge in [0.15, 0.2) is 0 Å². The van der Waals surface area contributed by atoms with Gasteiger partial charge in [-0.15, -0.1) is 0 Å². The van der Waals surface area contributed by atoms with Gasteiger partial charge in [0, 0.05) is 38.6 Å². The van der Waals surface area contributed by atoms with E-state index in [2.05, 4.69) is 10.2 Å². The van der Waals surface area contributed by atoms with Crippen LogP contribution in [0.15, 0.2) is 0 Å². The monoisotopic (exact) mass is 322 g/mol. The van der Waals surface area contributed by atoms with Crippen LogP contribution in [-0.2, 0) is 9.59 Å². The molecule has 0 unspecified atom stereocenters. The van der Waals surface area contributed by atoms with Crippen LogP contribution in [-0.4, -0.2) is 77.4 Å². The fraction of sp³-hybridized carbons (Fsp3) is 0.812. The minimum atomic E-state index is -0.274. The SMILES string of the molecule is CC(=O)N(C[C@H]1CCCN1CCCN1C(=O)CNC1=O)C1CC1. The number of imide groups is 1. The van der Waals surface area contributed by atoms with E-state index in [4.69, 9.17) is 0 Å². The predicted molar refractivity (Wildman–Crippen MR) is 84.7 cm³/mol. The van der Waals surface area contributed by atoms with Gasteiger partial charge in [-0.1, -0.05) is 0 Å². The van der Waals surface area contributed by atoms with E-state index in [0.29, 0.717) is 18.6 Å². The number of hydrogen-bond acceptors (Lipinski definition) is 4. The highest BCUT2D eigenvalue weighted by Gasteiger charge is 2.35. The Hall–Kier alpha value is -1.63. The van der Waals surface area contributed by atoms with Crippen molar-refractivity contribution in [1.82, 2.24) is 20.0 Å². The van der Waals surface area contributed by atoms with Crippen molar-refractivity contribution in [2.45, 2.75) is 51.1 Å². The first kappa shape index (κ1) is 16.2. The summed E-state index contributed by atoms with van der Waals surface area (Å²) in [6, 6.07) is 0.605. The van der Waals surface area contributed by atoms with Crippen LogP contribution in [0.2, 0.25) is 0 Å². The van der Waals surface area contributed by atoms with Crippen molar-refractivity contribution in [2.24, 2.45) is 0 Å². The predicted octanol–water partition coefficient (Wildman–Crippen LogP) is 0.404. The second kappa shape index (κ2) is 6.86. The Morgan fingerprint density at radius 2 is 2.04 bits per heavy atom. The van der Waals surface area contributed by atoms with E-state index < -0.39 is 0 Å². The van der Waals surface area contributed by atoms with Gasteiger partial charge < -0.3 is 10.2 Å². The Morgan fingerprint density at radius 3 is 2.65 bits per heavy atom. The lowest BCUT2D eigenvalue weighted by molar-refractivity contribution is -0.130. The molecule has 0 bridgehead atoms. The van der Waals surface area contributed by atoms with E-state index in [1.807, 2.05) is 4.90 Å². The summed E-state index contributed by atoms with van der Waals surface area (Å²) < 4.78 is 0. The van der Waals surface area contributed by atoms with E-state index in [1.165, 1.54) is 4.90 Å². The Balaban J connectivity index is 1.46. The Kier molecular flexibility index (Phi) is 4.84. The first-order valence-electron chi connectivity index (χ1n) is 8.65. The number of rotatable bonds is 7. The molecule has 1 saturated carbocycles. The summed E-state index contributed by atoms with van der Waals surface area (Å²) in [4.78, 5) is 40.6. The molecule has 1 aliphatic carbocycles. The molecule has 1 atom stereocenters. The van der Waals surface area contributed by atoms with E-state index in [0.717, 1.165) is 51.7 Å².